The third-order valence-electron chi connectivity index (χ3n) is 1.64. The predicted molar refractivity (Wildman–Crippen MR) is 50.6 cm³/mol. The van der Waals surface area contributed by atoms with Crippen molar-refractivity contribution < 1.29 is 0 Å². The van der Waals surface area contributed by atoms with Gasteiger partial charge >= 0.3 is 0 Å². The maximum absolute atomic E-state index is 5.80. The van der Waals surface area contributed by atoms with Gasteiger partial charge in [0.2, 0.25) is 0 Å². The van der Waals surface area contributed by atoms with E-state index in [-0.39, 0.29) is 0 Å². The Morgan fingerprint density at radius 3 is 2.82 bits per heavy atom. The van der Waals surface area contributed by atoms with Crippen LogP contribution in [0.15, 0.2) is 12.7 Å². The third kappa shape index (κ3) is 7.56. The van der Waals surface area contributed by atoms with E-state index >= 15 is 0 Å². The van der Waals surface area contributed by atoms with Crippen molar-refractivity contribution in [1.29, 1.82) is 0 Å². The zero-order chi connectivity index (χ0) is 8.53. The van der Waals surface area contributed by atoms with E-state index in [1.807, 2.05) is 6.08 Å². The maximum Gasteiger partial charge on any atom is 0.0132 e. The number of rotatable bonds is 7. The SMILES string of the molecule is C=CCNCCC(N)CCC. The summed E-state index contributed by atoms with van der Waals surface area (Å²) in [5, 5.41) is 3.23. The van der Waals surface area contributed by atoms with Gasteiger partial charge in [-0.15, -0.1) is 6.58 Å². The molecule has 2 heteroatoms. The summed E-state index contributed by atoms with van der Waals surface area (Å²) in [6.45, 7) is 7.68. The molecule has 0 saturated carbocycles. The molecule has 0 amide bonds. The van der Waals surface area contributed by atoms with E-state index < -0.39 is 0 Å². The number of nitrogens with one attached hydrogen (secondary N) is 1. The smallest absolute Gasteiger partial charge is 0.0132 e. The summed E-state index contributed by atoms with van der Waals surface area (Å²) in [7, 11) is 0. The van der Waals surface area contributed by atoms with Gasteiger partial charge in [0, 0.05) is 12.6 Å². The van der Waals surface area contributed by atoms with E-state index in [0.29, 0.717) is 6.04 Å². The van der Waals surface area contributed by atoms with Crippen LogP contribution >= 0.6 is 0 Å². The van der Waals surface area contributed by atoms with Crippen LogP contribution in [0.5, 0.6) is 0 Å². The Labute approximate surface area is 69.9 Å². The number of nitrogens with two attached hydrogens (primary N) is 1. The van der Waals surface area contributed by atoms with Gasteiger partial charge in [-0.2, -0.15) is 0 Å². The van der Waals surface area contributed by atoms with Crippen LogP contribution < -0.4 is 11.1 Å². The van der Waals surface area contributed by atoms with Gasteiger partial charge in [0.15, 0.2) is 0 Å². The van der Waals surface area contributed by atoms with Gasteiger partial charge in [-0.25, -0.2) is 0 Å². The molecule has 0 spiro atoms. The average molecular weight is 156 g/mol. The summed E-state index contributed by atoms with van der Waals surface area (Å²) in [5.41, 5.74) is 5.80. The van der Waals surface area contributed by atoms with E-state index in [1.165, 1.54) is 6.42 Å². The summed E-state index contributed by atoms with van der Waals surface area (Å²) in [6.07, 6.45) is 5.26. The molecule has 0 fully saturated rings. The highest BCUT2D eigenvalue weighted by atomic mass is 14.8. The molecule has 0 rings (SSSR count). The van der Waals surface area contributed by atoms with Gasteiger partial charge in [-0.1, -0.05) is 19.4 Å². The molecular formula is C9H20N2. The van der Waals surface area contributed by atoms with E-state index in [2.05, 4.69) is 18.8 Å². The van der Waals surface area contributed by atoms with Crippen LogP contribution in [0.1, 0.15) is 26.2 Å². The second-order valence-electron chi connectivity index (χ2n) is 2.83. The molecule has 1 unspecified atom stereocenters. The van der Waals surface area contributed by atoms with Crippen LogP contribution in [0.4, 0.5) is 0 Å². The van der Waals surface area contributed by atoms with Crippen LogP contribution in [-0.2, 0) is 0 Å². The lowest BCUT2D eigenvalue weighted by Crippen LogP contribution is -2.26. The van der Waals surface area contributed by atoms with E-state index in [9.17, 15) is 0 Å². The molecule has 66 valence electrons. The van der Waals surface area contributed by atoms with Crippen molar-refractivity contribution >= 4 is 0 Å². The normalized spacial score (nSPS) is 12.9. The molecule has 0 aromatic carbocycles. The summed E-state index contributed by atoms with van der Waals surface area (Å²) in [5.74, 6) is 0. The molecule has 0 aromatic heterocycles. The topological polar surface area (TPSA) is 38.0 Å². The Balaban J connectivity index is 3.03. The minimum atomic E-state index is 0.373. The highest BCUT2D eigenvalue weighted by Crippen LogP contribution is 1.96. The van der Waals surface area contributed by atoms with Crippen molar-refractivity contribution in [2.75, 3.05) is 13.1 Å². The summed E-state index contributed by atoms with van der Waals surface area (Å²) >= 11 is 0. The molecule has 0 aliphatic carbocycles. The van der Waals surface area contributed by atoms with Crippen molar-refractivity contribution in [2.45, 2.75) is 32.2 Å². The second-order valence-corrected chi connectivity index (χ2v) is 2.83. The molecule has 1 atom stereocenters. The first-order valence-electron chi connectivity index (χ1n) is 4.38. The van der Waals surface area contributed by atoms with Crippen molar-refractivity contribution in [3.05, 3.63) is 12.7 Å². The first-order chi connectivity index (χ1) is 5.31. The van der Waals surface area contributed by atoms with Gasteiger partial charge < -0.3 is 11.1 Å². The van der Waals surface area contributed by atoms with Crippen molar-refractivity contribution in [3.8, 4) is 0 Å². The van der Waals surface area contributed by atoms with Gasteiger partial charge in [0.1, 0.15) is 0 Å². The van der Waals surface area contributed by atoms with Crippen LogP contribution in [0.3, 0.4) is 0 Å². The molecule has 0 aliphatic rings. The summed E-state index contributed by atoms with van der Waals surface area (Å²) < 4.78 is 0. The molecule has 0 aromatic rings. The van der Waals surface area contributed by atoms with Gasteiger partial charge in [-0.05, 0) is 19.4 Å². The fraction of sp³-hybridized carbons (Fsp3) is 0.778. The summed E-state index contributed by atoms with van der Waals surface area (Å²) in [4.78, 5) is 0. The van der Waals surface area contributed by atoms with Gasteiger partial charge in [-0.3, -0.25) is 0 Å². The van der Waals surface area contributed by atoms with Crippen molar-refractivity contribution in [3.63, 3.8) is 0 Å². The van der Waals surface area contributed by atoms with Crippen LogP contribution in [0.25, 0.3) is 0 Å². The van der Waals surface area contributed by atoms with Gasteiger partial charge in [0.05, 0.1) is 0 Å². The lowest BCUT2D eigenvalue weighted by Gasteiger charge is -2.09. The molecule has 11 heavy (non-hydrogen) atoms. The number of hydrogen-bond donors (Lipinski definition) is 2. The third-order valence-corrected chi connectivity index (χ3v) is 1.64. The standard InChI is InChI=1S/C9H20N2/c1-3-5-9(10)6-8-11-7-4-2/h4,9,11H,2-3,5-8,10H2,1H3. The average Bonchev–Trinajstić information content (AvgIpc) is 1.99. The Morgan fingerprint density at radius 1 is 1.55 bits per heavy atom. The molecule has 2 nitrogen and oxygen atoms in total. The highest BCUT2D eigenvalue weighted by molar-refractivity contribution is 4.70. The lowest BCUT2D eigenvalue weighted by atomic mass is 10.1. The fourth-order valence-electron chi connectivity index (χ4n) is 1.01. The zero-order valence-electron chi connectivity index (χ0n) is 7.47. The monoisotopic (exact) mass is 156 g/mol. The summed E-state index contributed by atoms with van der Waals surface area (Å²) in [6, 6.07) is 0.373. The molecule has 3 N–H and O–H groups in total. The van der Waals surface area contributed by atoms with Crippen LogP contribution in [0.2, 0.25) is 0 Å². The largest absolute Gasteiger partial charge is 0.328 e. The maximum atomic E-state index is 5.80. The Bertz CT molecular complexity index is 91.6. The van der Waals surface area contributed by atoms with Crippen molar-refractivity contribution in [2.24, 2.45) is 5.73 Å². The van der Waals surface area contributed by atoms with E-state index in [0.717, 1.165) is 25.9 Å². The van der Waals surface area contributed by atoms with Crippen LogP contribution in [-0.4, -0.2) is 19.1 Å². The molecule has 0 bridgehead atoms. The quantitative estimate of drug-likeness (QED) is 0.430. The highest BCUT2D eigenvalue weighted by Gasteiger charge is 1.98. The molecular weight excluding hydrogens is 136 g/mol. The van der Waals surface area contributed by atoms with Crippen LogP contribution in [0, 0.1) is 0 Å². The molecule has 0 aliphatic heterocycles. The first kappa shape index (κ1) is 10.7. The predicted octanol–water partition coefficient (Wildman–Crippen LogP) is 1.28. The Morgan fingerprint density at radius 2 is 2.27 bits per heavy atom. The lowest BCUT2D eigenvalue weighted by molar-refractivity contribution is 0.538. The van der Waals surface area contributed by atoms with E-state index in [1.54, 1.807) is 0 Å². The molecule has 0 heterocycles. The Kier molecular flexibility index (Phi) is 7.52. The second kappa shape index (κ2) is 7.76. The van der Waals surface area contributed by atoms with Gasteiger partial charge in [0.25, 0.3) is 0 Å². The first-order valence-corrected chi connectivity index (χ1v) is 4.38. The van der Waals surface area contributed by atoms with Crippen molar-refractivity contribution in [1.82, 2.24) is 5.32 Å². The van der Waals surface area contributed by atoms with E-state index in [4.69, 9.17) is 5.73 Å². The molecule has 0 saturated heterocycles. The minimum absolute atomic E-state index is 0.373. The number of hydrogen-bond acceptors (Lipinski definition) is 2. The fourth-order valence-corrected chi connectivity index (χ4v) is 1.01. The molecule has 0 radical (unpaired) electrons. The minimum Gasteiger partial charge on any atom is -0.328 e. The Hall–Kier alpha value is -0.340. The zero-order valence-corrected chi connectivity index (χ0v) is 7.47.